The summed E-state index contributed by atoms with van der Waals surface area (Å²) in [4.78, 5) is 0. The quantitative estimate of drug-likeness (QED) is 0.372. The van der Waals surface area contributed by atoms with E-state index in [1.54, 1.807) is 0 Å². The number of aliphatic hydroxyl groups excluding tert-OH is 2. The Labute approximate surface area is 133 Å². The highest BCUT2D eigenvalue weighted by atomic mass is 16.3. The normalized spacial score (nSPS) is 12.0. The fraction of sp³-hybridized carbons (Fsp3) is 1.00. The minimum atomic E-state index is 0.184. The maximum absolute atomic E-state index is 9.24. The van der Waals surface area contributed by atoms with E-state index in [0.29, 0.717) is 0 Å². The molecule has 0 aromatic heterocycles. The van der Waals surface area contributed by atoms with Crippen molar-refractivity contribution in [1.82, 2.24) is 0 Å². The summed E-state index contributed by atoms with van der Waals surface area (Å²) >= 11 is 0. The van der Waals surface area contributed by atoms with E-state index in [0.717, 1.165) is 19.3 Å². The fourth-order valence-corrected chi connectivity index (χ4v) is 3.37. The van der Waals surface area contributed by atoms with Crippen molar-refractivity contribution in [3.05, 3.63) is 0 Å². The number of unbranched alkanes of at least 4 members (excludes halogenated alkanes) is 9. The predicted molar refractivity (Wildman–Crippen MR) is 92.6 cm³/mol. The second-order valence-electron chi connectivity index (χ2n) is 6.73. The van der Waals surface area contributed by atoms with Gasteiger partial charge in [-0.15, -0.1) is 0 Å². The zero-order chi connectivity index (χ0) is 15.8. The van der Waals surface area contributed by atoms with Gasteiger partial charge in [-0.2, -0.15) is 0 Å². The minimum Gasteiger partial charge on any atom is -0.396 e. The minimum absolute atomic E-state index is 0.184. The van der Waals surface area contributed by atoms with Crippen LogP contribution >= 0.6 is 0 Å². The van der Waals surface area contributed by atoms with Crippen LogP contribution < -0.4 is 0 Å². The summed E-state index contributed by atoms with van der Waals surface area (Å²) in [6, 6.07) is 0. The highest BCUT2D eigenvalue weighted by Crippen LogP contribution is 2.36. The lowest BCUT2D eigenvalue weighted by atomic mass is 9.75. The fourth-order valence-electron chi connectivity index (χ4n) is 3.37. The SMILES string of the molecule is CCCCCCCCCCCCC(CC)(CCO)CCO. The van der Waals surface area contributed by atoms with Crippen LogP contribution in [0.25, 0.3) is 0 Å². The predicted octanol–water partition coefficient (Wildman–Crippen LogP) is 5.46. The van der Waals surface area contributed by atoms with E-state index < -0.39 is 0 Å². The summed E-state index contributed by atoms with van der Waals surface area (Å²) < 4.78 is 0. The van der Waals surface area contributed by atoms with Crippen LogP contribution in [-0.2, 0) is 0 Å². The van der Waals surface area contributed by atoms with Crippen molar-refractivity contribution in [2.24, 2.45) is 5.41 Å². The van der Waals surface area contributed by atoms with Gasteiger partial charge in [0, 0.05) is 13.2 Å². The molecule has 0 rings (SSSR count). The Kier molecular flexibility index (Phi) is 14.8. The second kappa shape index (κ2) is 14.8. The lowest BCUT2D eigenvalue weighted by molar-refractivity contribution is 0.116. The smallest absolute Gasteiger partial charge is 0.0436 e. The Bertz CT molecular complexity index is 198. The second-order valence-corrected chi connectivity index (χ2v) is 6.73. The molecule has 0 radical (unpaired) electrons. The molecule has 2 nitrogen and oxygen atoms in total. The van der Waals surface area contributed by atoms with Crippen molar-refractivity contribution in [2.75, 3.05) is 13.2 Å². The van der Waals surface area contributed by atoms with E-state index >= 15 is 0 Å². The zero-order valence-corrected chi connectivity index (χ0v) is 14.7. The molecule has 2 heteroatoms. The van der Waals surface area contributed by atoms with Crippen molar-refractivity contribution >= 4 is 0 Å². The van der Waals surface area contributed by atoms with Gasteiger partial charge in [0.15, 0.2) is 0 Å². The molecule has 128 valence electrons. The van der Waals surface area contributed by atoms with E-state index in [2.05, 4.69) is 13.8 Å². The van der Waals surface area contributed by atoms with Crippen molar-refractivity contribution in [1.29, 1.82) is 0 Å². The highest BCUT2D eigenvalue weighted by Gasteiger charge is 2.26. The summed E-state index contributed by atoms with van der Waals surface area (Å²) in [6.45, 7) is 4.97. The third kappa shape index (κ3) is 11.2. The maximum Gasteiger partial charge on any atom is 0.0436 e. The van der Waals surface area contributed by atoms with Gasteiger partial charge in [0.05, 0.1) is 0 Å². The molecule has 0 amide bonds. The van der Waals surface area contributed by atoms with Crippen LogP contribution in [0.5, 0.6) is 0 Å². The molecule has 0 unspecified atom stereocenters. The van der Waals surface area contributed by atoms with Gasteiger partial charge in [0.2, 0.25) is 0 Å². The molecule has 0 atom stereocenters. The first-order valence-corrected chi connectivity index (χ1v) is 9.46. The van der Waals surface area contributed by atoms with Crippen LogP contribution in [0.4, 0.5) is 0 Å². The van der Waals surface area contributed by atoms with Gasteiger partial charge in [-0.05, 0) is 24.7 Å². The largest absolute Gasteiger partial charge is 0.396 e. The number of hydrogen-bond acceptors (Lipinski definition) is 2. The Morgan fingerprint density at radius 1 is 0.571 bits per heavy atom. The average molecular weight is 301 g/mol. The first-order chi connectivity index (χ1) is 10.2. The lowest BCUT2D eigenvalue weighted by Gasteiger charge is -2.32. The Hall–Kier alpha value is -0.0800. The van der Waals surface area contributed by atoms with Crippen molar-refractivity contribution < 1.29 is 10.2 Å². The summed E-state index contributed by atoms with van der Waals surface area (Å²) in [7, 11) is 0. The van der Waals surface area contributed by atoms with Gasteiger partial charge >= 0.3 is 0 Å². The molecule has 0 saturated heterocycles. The Morgan fingerprint density at radius 3 is 1.38 bits per heavy atom. The number of aliphatic hydroxyl groups is 2. The van der Waals surface area contributed by atoms with E-state index in [1.807, 2.05) is 0 Å². The van der Waals surface area contributed by atoms with Crippen molar-refractivity contribution in [3.63, 3.8) is 0 Å². The molecule has 0 aromatic rings. The van der Waals surface area contributed by atoms with Crippen LogP contribution in [-0.4, -0.2) is 23.4 Å². The van der Waals surface area contributed by atoms with Gasteiger partial charge in [-0.3, -0.25) is 0 Å². The molecule has 0 aliphatic rings. The molecule has 0 aliphatic heterocycles. The third-order valence-corrected chi connectivity index (χ3v) is 5.09. The molecule has 2 N–H and O–H groups in total. The van der Waals surface area contributed by atoms with Gasteiger partial charge in [-0.1, -0.05) is 84.5 Å². The molecule has 0 fully saturated rings. The topological polar surface area (TPSA) is 40.5 Å². The standard InChI is InChI=1S/C19H40O2/c1-3-5-6-7-8-9-10-11-12-13-14-19(4-2,15-17-20)16-18-21/h20-21H,3-18H2,1-2H3. The van der Waals surface area contributed by atoms with E-state index in [1.165, 1.54) is 70.6 Å². The summed E-state index contributed by atoms with van der Waals surface area (Å²) in [5.74, 6) is 0. The van der Waals surface area contributed by atoms with Crippen molar-refractivity contribution in [3.8, 4) is 0 Å². The summed E-state index contributed by atoms with van der Waals surface area (Å²) in [5, 5.41) is 18.5. The van der Waals surface area contributed by atoms with Gasteiger partial charge < -0.3 is 10.2 Å². The molecule has 21 heavy (non-hydrogen) atoms. The number of rotatable bonds is 16. The van der Waals surface area contributed by atoms with Gasteiger partial charge in [0.25, 0.3) is 0 Å². The van der Waals surface area contributed by atoms with Gasteiger partial charge in [0.1, 0.15) is 0 Å². The van der Waals surface area contributed by atoms with E-state index in [-0.39, 0.29) is 18.6 Å². The Balaban J connectivity index is 3.57. The Morgan fingerprint density at radius 2 is 1.00 bits per heavy atom. The zero-order valence-electron chi connectivity index (χ0n) is 14.7. The summed E-state index contributed by atoms with van der Waals surface area (Å²) in [5.41, 5.74) is 0.184. The van der Waals surface area contributed by atoms with Crippen LogP contribution in [0, 0.1) is 5.41 Å². The molecule has 0 aliphatic carbocycles. The molecular formula is C19H40O2. The van der Waals surface area contributed by atoms with Crippen LogP contribution in [0.3, 0.4) is 0 Å². The average Bonchev–Trinajstić information content (AvgIpc) is 2.49. The molecule has 0 saturated carbocycles. The first-order valence-electron chi connectivity index (χ1n) is 9.46. The van der Waals surface area contributed by atoms with E-state index in [4.69, 9.17) is 0 Å². The highest BCUT2D eigenvalue weighted by molar-refractivity contribution is 4.77. The van der Waals surface area contributed by atoms with Crippen LogP contribution in [0.2, 0.25) is 0 Å². The first kappa shape index (κ1) is 20.9. The molecule has 0 bridgehead atoms. The third-order valence-electron chi connectivity index (χ3n) is 5.09. The van der Waals surface area contributed by atoms with Crippen LogP contribution in [0.1, 0.15) is 104 Å². The molecule has 0 heterocycles. The molecular weight excluding hydrogens is 260 g/mol. The molecule has 0 spiro atoms. The van der Waals surface area contributed by atoms with Crippen molar-refractivity contribution in [2.45, 2.75) is 104 Å². The number of hydrogen-bond donors (Lipinski definition) is 2. The maximum atomic E-state index is 9.24. The van der Waals surface area contributed by atoms with Crippen LogP contribution in [0.15, 0.2) is 0 Å². The lowest BCUT2D eigenvalue weighted by Crippen LogP contribution is -2.23. The summed E-state index contributed by atoms with van der Waals surface area (Å²) in [6.07, 6.45) is 17.6. The monoisotopic (exact) mass is 300 g/mol. The molecule has 0 aromatic carbocycles. The van der Waals surface area contributed by atoms with E-state index in [9.17, 15) is 10.2 Å². The van der Waals surface area contributed by atoms with Gasteiger partial charge in [-0.25, -0.2) is 0 Å².